The van der Waals surface area contributed by atoms with E-state index in [0.29, 0.717) is 18.3 Å². The van der Waals surface area contributed by atoms with Crippen molar-refractivity contribution in [3.8, 4) is 17.2 Å². The third-order valence-electron chi connectivity index (χ3n) is 3.95. The number of benzene rings is 1. The van der Waals surface area contributed by atoms with E-state index in [0.717, 1.165) is 5.56 Å². The van der Waals surface area contributed by atoms with Crippen LogP contribution >= 0.6 is 0 Å². The maximum Gasteiger partial charge on any atom is 0.244 e. The summed E-state index contributed by atoms with van der Waals surface area (Å²) in [5, 5.41) is 8.22. The highest BCUT2D eigenvalue weighted by Gasteiger charge is 2.23. The summed E-state index contributed by atoms with van der Waals surface area (Å²) in [7, 11) is -2.50. The first-order chi connectivity index (χ1) is 13.9. The van der Waals surface area contributed by atoms with Gasteiger partial charge in [-0.3, -0.25) is 0 Å². The van der Waals surface area contributed by atoms with Gasteiger partial charge in [0.05, 0.1) is 0 Å². The van der Waals surface area contributed by atoms with Gasteiger partial charge in [0, 0.05) is 5.56 Å². The quantitative estimate of drug-likeness (QED) is 0.336. The van der Waals surface area contributed by atoms with Crippen molar-refractivity contribution in [2.24, 2.45) is 10.9 Å². The molecule has 152 valence electrons. The fourth-order valence-electron chi connectivity index (χ4n) is 2.53. The number of amidine groups is 1. The molecule has 0 fully saturated rings. The molecule has 0 bridgehead atoms. The second kappa shape index (κ2) is 8.37. The van der Waals surface area contributed by atoms with Gasteiger partial charge in [-0.2, -0.15) is 4.68 Å². The second-order valence-electron chi connectivity index (χ2n) is 5.88. The fraction of sp³-hybridized carbons (Fsp3) is 0.222. The number of nitrogens with two attached hydrogens (primary N) is 1. The fourth-order valence-corrected chi connectivity index (χ4v) is 3.37. The van der Waals surface area contributed by atoms with Gasteiger partial charge in [0.25, 0.3) is 0 Å². The largest absolute Gasteiger partial charge is 0.394 e. The molecule has 10 nitrogen and oxygen atoms in total. The number of rotatable bonds is 7. The summed E-state index contributed by atoms with van der Waals surface area (Å²) in [5.74, 6) is 0.974. The zero-order chi connectivity index (χ0) is 21.0. The molecular formula is C18H21N7O3S. The van der Waals surface area contributed by atoms with Crippen LogP contribution in [0.3, 0.4) is 0 Å². The standard InChI is InChI=1S/C18H21N7O3S/c1-4-28-24-16(19)14-10-11-15(29(26,27)20-3)18(22-14)25-12(2)21-17(23-25)13-8-6-5-7-9-13/h5-11,20H,4H2,1-3H3,(H2,19,24). The lowest BCUT2D eigenvalue weighted by molar-refractivity contribution is 0.158. The van der Waals surface area contributed by atoms with E-state index in [2.05, 4.69) is 24.9 Å². The van der Waals surface area contributed by atoms with Crippen LogP contribution in [0.4, 0.5) is 0 Å². The second-order valence-corrected chi connectivity index (χ2v) is 7.74. The molecule has 1 aromatic carbocycles. The topological polar surface area (TPSA) is 137 Å². The van der Waals surface area contributed by atoms with Crippen LogP contribution < -0.4 is 10.5 Å². The maximum absolute atomic E-state index is 12.5. The first-order valence-corrected chi connectivity index (χ1v) is 10.3. The summed E-state index contributed by atoms with van der Waals surface area (Å²) < 4.78 is 28.7. The molecule has 0 radical (unpaired) electrons. The van der Waals surface area contributed by atoms with Crippen molar-refractivity contribution in [3.05, 3.63) is 54.0 Å². The Morgan fingerprint density at radius 2 is 1.93 bits per heavy atom. The number of hydrogen-bond donors (Lipinski definition) is 2. The molecule has 0 aliphatic heterocycles. The lowest BCUT2D eigenvalue weighted by Gasteiger charge is -2.11. The minimum atomic E-state index is -3.82. The molecule has 2 aromatic heterocycles. The third kappa shape index (κ3) is 4.25. The number of hydrogen-bond acceptors (Lipinski definition) is 7. The number of nitrogens with zero attached hydrogens (tertiary/aromatic N) is 5. The number of nitrogens with one attached hydrogen (secondary N) is 1. The summed E-state index contributed by atoms with van der Waals surface area (Å²) in [6.45, 7) is 3.81. The van der Waals surface area contributed by atoms with Gasteiger partial charge in [-0.25, -0.2) is 23.1 Å². The van der Waals surface area contributed by atoms with Crippen LogP contribution in [0, 0.1) is 6.92 Å². The lowest BCUT2D eigenvalue weighted by Crippen LogP contribution is -2.24. The summed E-state index contributed by atoms with van der Waals surface area (Å²) in [6.07, 6.45) is 0. The zero-order valence-corrected chi connectivity index (χ0v) is 17.0. The van der Waals surface area contributed by atoms with Crippen molar-refractivity contribution >= 4 is 15.9 Å². The van der Waals surface area contributed by atoms with Gasteiger partial charge in [0.1, 0.15) is 23.0 Å². The van der Waals surface area contributed by atoms with Crippen LogP contribution in [-0.2, 0) is 14.9 Å². The van der Waals surface area contributed by atoms with Crippen molar-refractivity contribution < 1.29 is 13.3 Å². The van der Waals surface area contributed by atoms with Gasteiger partial charge >= 0.3 is 0 Å². The summed E-state index contributed by atoms with van der Waals surface area (Å²) in [6, 6.07) is 12.2. The van der Waals surface area contributed by atoms with Crippen molar-refractivity contribution in [2.45, 2.75) is 18.7 Å². The van der Waals surface area contributed by atoms with E-state index in [1.165, 1.54) is 23.9 Å². The molecule has 0 aliphatic rings. The average Bonchev–Trinajstić information content (AvgIpc) is 3.13. The van der Waals surface area contributed by atoms with E-state index in [4.69, 9.17) is 10.6 Å². The Morgan fingerprint density at radius 3 is 2.59 bits per heavy atom. The molecule has 0 saturated carbocycles. The Balaban J connectivity index is 2.20. The minimum Gasteiger partial charge on any atom is -0.394 e. The zero-order valence-electron chi connectivity index (χ0n) is 16.2. The normalized spacial score (nSPS) is 12.2. The van der Waals surface area contributed by atoms with E-state index in [1.54, 1.807) is 13.8 Å². The molecule has 29 heavy (non-hydrogen) atoms. The van der Waals surface area contributed by atoms with E-state index in [9.17, 15) is 8.42 Å². The first-order valence-electron chi connectivity index (χ1n) is 8.77. The average molecular weight is 415 g/mol. The van der Waals surface area contributed by atoms with Crippen LogP contribution in [0.1, 0.15) is 18.4 Å². The van der Waals surface area contributed by atoms with Gasteiger partial charge in [0.2, 0.25) is 10.0 Å². The Morgan fingerprint density at radius 1 is 1.21 bits per heavy atom. The Bertz CT molecular complexity index is 1140. The Labute approximate surface area is 168 Å². The molecule has 2 heterocycles. The van der Waals surface area contributed by atoms with Gasteiger partial charge in [0.15, 0.2) is 17.5 Å². The van der Waals surface area contributed by atoms with Gasteiger partial charge in [-0.05, 0) is 33.0 Å². The molecule has 11 heteroatoms. The molecule has 0 spiro atoms. The third-order valence-corrected chi connectivity index (χ3v) is 5.39. The number of aromatic nitrogens is 4. The number of sulfonamides is 1. The highest BCUT2D eigenvalue weighted by Crippen LogP contribution is 2.22. The lowest BCUT2D eigenvalue weighted by atomic mass is 10.2. The van der Waals surface area contributed by atoms with Gasteiger partial charge in [-0.15, -0.1) is 5.10 Å². The van der Waals surface area contributed by atoms with E-state index < -0.39 is 10.0 Å². The highest BCUT2D eigenvalue weighted by molar-refractivity contribution is 7.89. The Hall–Kier alpha value is -3.31. The summed E-state index contributed by atoms with van der Waals surface area (Å²) >= 11 is 0. The van der Waals surface area contributed by atoms with Crippen LogP contribution in [0.5, 0.6) is 0 Å². The maximum atomic E-state index is 12.5. The monoisotopic (exact) mass is 415 g/mol. The number of aryl methyl sites for hydroxylation is 1. The minimum absolute atomic E-state index is 0.0163. The molecule has 0 amide bonds. The van der Waals surface area contributed by atoms with E-state index >= 15 is 0 Å². The summed E-state index contributed by atoms with van der Waals surface area (Å²) in [5.41, 5.74) is 6.95. The molecule has 3 N–H and O–H groups in total. The predicted octanol–water partition coefficient (Wildman–Crippen LogP) is 1.20. The predicted molar refractivity (Wildman–Crippen MR) is 108 cm³/mol. The van der Waals surface area contributed by atoms with Gasteiger partial charge < -0.3 is 10.6 Å². The smallest absolute Gasteiger partial charge is 0.244 e. The van der Waals surface area contributed by atoms with Gasteiger partial charge in [-0.1, -0.05) is 35.5 Å². The van der Waals surface area contributed by atoms with Crippen molar-refractivity contribution in [1.29, 1.82) is 0 Å². The molecule has 0 aliphatic carbocycles. The molecule has 3 rings (SSSR count). The SMILES string of the molecule is CCO/N=C(\N)c1ccc(S(=O)(=O)NC)c(-n2nc(-c3ccccc3)nc2C)n1. The van der Waals surface area contributed by atoms with Crippen molar-refractivity contribution in [1.82, 2.24) is 24.5 Å². The highest BCUT2D eigenvalue weighted by atomic mass is 32.2. The first kappa shape index (κ1) is 20.4. The van der Waals surface area contributed by atoms with Crippen molar-refractivity contribution in [2.75, 3.05) is 13.7 Å². The van der Waals surface area contributed by atoms with Crippen LogP contribution in [0.25, 0.3) is 17.2 Å². The van der Waals surface area contributed by atoms with E-state index in [-0.39, 0.29) is 22.2 Å². The molecular weight excluding hydrogens is 394 g/mol. The number of pyridine rings is 1. The molecule has 0 saturated heterocycles. The van der Waals surface area contributed by atoms with Crippen LogP contribution in [-0.4, -0.2) is 47.7 Å². The molecule has 3 aromatic rings. The van der Waals surface area contributed by atoms with Crippen LogP contribution in [0.15, 0.2) is 52.5 Å². The van der Waals surface area contributed by atoms with Crippen LogP contribution in [0.2, 0.25) is 0 Å². The summed E-state index contributed by atoms with van der Waals surface area (Å²) in [4.78, 5) is 13.7. The molecule has 0 atom stereocenters. The number of oxime groups is 1. The molecule has 0 unspecified atom stereocenters. The Kier molecular flexibility index (Phi) is 5.89. The van der Waals surface area contributed by atoms with E-state index in [1.807, 2.05) is 30.3 Å². The van der Waals surface area contributed by atoms with Crippen molar-refractivity contribution in [3.63, 3.8) is 0 Å².